The standard InChI is InChI=1S/C8H3ClF6O3S/c9-6-3-4(1-2-5(6)7(10,11)12)18-19(16,17)8(13,14)15/h1-3H. The molecule has 1 aromatic carbocycles. The summed E-state index contributed by atoms with van der Waals surface area (Å²) in [5.74, 6) is -0.977. The van der Waals surface area contributed by atoms with Crippen LogP contribution in [0.4, 0.5) is 26.3 Å². The zero-order valence-corrected chi connectivity index (χ0v) is 10.1. The van der Waals surface area contributed by atoms with Crippen molar-refractivity contribution in [1.82, 2.24) is 0 Å². The van der Waals surface area contributed by atoms with Crippen molar-refractivity contribution in [3.05, 3.63) is 28.8 Å². The molecule has 0 aliphatic rings. The molecule has 0 radical (unpaired) electrons. The zero-order valence-electron chi connectivity index (χ0n) is 8.51. The zero-order chi connectivity index (χ0) is 15.1. The average molecular weight is 329 g/mol. The molecule has 0 aliphatic heterocycles. The van der Waals surface area contributed by atoms with E-state index in [1.165, 1.54) is 0 Å². The van der Waals surface area contributed by atoms with Gasteiger partial charge in [0.25, 0.3) is 0 Å². The molecule has 0 saturated heterocycles. The van der Waals surface area contributed by atoms with Crippen molar-refractivity contribution < 1.29 is 38.9 Å². The minimum absolute atomic E-state index is 0.309. The van der Waals surface area contributed by atoms with E-state index < -0.39 is 38.1 Å². The highest BCUT2D eigenvalue weighted by molar-refractivity contribution is 7.88. The Bertz CT molecular complexity index is 577. The van der Waals surface area contributed by atoms with Crippen molar-refractivity contribution in [3.63, 3.8) is 0 Å². The Balaban J connectivity index is 3.11. The monoisotopic (exact) mass is 328 g/mol. The first kappa shape index (κ1) is 15.9. The Morgan fingerprint density at radius 1 is 1.05 bits per heavy atom. The number of hydrogen-bond acceptors (Lipinski definition) is 3. The van der Waals surface area contributed by atoms with Crippen molar-refractivity contribution in [2.24, 2.45) is 0 Å². The second-order valence-electron chi connectivity index (χ2n) is 3.12. The third-order valence-corrected chi connectivity index (χ3v) is 3.03. The SMILES string of the molecule is O=S(=O)(Oc1ccc(C(F)(F)F)c(Cl)c1)C(F)(F)F. The summed E-state index contributed by atoms with van der Waals surface area (Å²) in [6, 6.07) is 1.05. The number of halogens is 7. The quantitative estimate of drug-likeness (QED) is 0.473. The van der Waals surface area contributed by atoms with Crippen molar-refractivity contribution in [3.8, 4) is 5.75 Å². The first-order valence-electron chi connectivity index (χ1n) is 4.22. The molecule has 0 N–H and O–H groups in total. The van der Waals surface area contributed by atoms with E-state index in [1.54, 1.807) is 0 Å². The molecule has 108 valence electrons. The molecular formula is C8H3ClF6O3S. The Hall–Kier alpha value is -1.16. The third-order valence-electron chi connectivity index (χ3n) is 1.74. The Kier molecular flexibility index (Phi) is 3.97. The summed E-state index contributed by atoms with van der Waals surface area (Å²) in [4.78, 5) is 0. The lowest BCUT2D eigenvalue weighted by Crippen LogP contribution is -2.28. The Morgan fingerprint density at radius 3 is 1.95 bits per heavy atom. The fourth-order valence-electron chi connectivity index (χ4n) is 0.951. The molecule has 0 fully saturated rings. The minimum atomic E-state index is -5.96. The number of benzene rings is 1. The van der Waals surface area contributed by atoms with Crippen LogP contribution in [0.15, 0.2) is 18.2 Å². The maximum absolute atomic E-state index is 12.3. The second kappa shape index (κ2) is 4.75. The van der Waals surface area contributed by atoms with Crippen LogP contribution in [0.1, 0.15) is 5.56 Å². The molecule has 0 aromatic heterocycles. The summed E-state index contributed by atoms with van der Waals surface area (Å²) >= 11 is 5.18. The molecule has 0 amide bonds. The van der Waals surface area contributed by atoms with Crippen LogP contribution < -0.4 is 4.18 Å². The first-order valence-corrected chi connectivity index (χ1v) is 6.01. The number of alkyl halides is 6. The van der Waals surface area contributed by atoms with Gasteiger partial charge in [0, 0.05) is 6.07 Å². The van der Waals surface area contributed by atoms with Gasteiger partial charge in [0.15, 0.2) is 0 Å². The van der Waals surface area contributed by atoms with Gasteiger partial charge >= 0.3 is 21.8 Å². The van der Waals surface area contributed by atoms with Crippen LogP contribution in [0, 0.1) is 0 Å². The lowest BCUT2D eigenvalue weighted by Gasteiger charge is -2.12. The lowest BCUT2D eigenvalue weighted by molar-refractivity contribution is -0.137. The van der Waals surface area contributed by atoms with E-state index in [9.17, 15) is 34.8 Å². The van der Waals surface area contributed by atoms with Crippen LogP contribution in [0.3, 0.4) is 0 Å². The van der Waals surface area contributed by atoms with E-state index in [4.69, 9.17) is 11.6 Å². The first-order chi connectivity index (χ1) is 8.34. The Labute approximate surface area is 107 Å². The molecule has 1 rings (SSSR count). The van der Waals surface area contributed by atoms with E-state index in [0.717, 1.165) is 0 Å². The average Bonchev–Trinajstić information content (AvgIpc) is 2.12. The summed E-state index contributed by atoms with van der Waals surface area (Å²) in [6.45, 7) is 0. The summed E-state index contributed by atoms with van der Waals surface area (Å²) in [5, 5.41) is -0.984. The third kappa shape index (κ3) is 3.66. The molecule has 1 aromatic rings. The summed E-state index contributed by atoms with van der Waals surface area (Å²) in [6.07, 6.45) is -4.82. The van der Waals surface area contributed by atoms with Crippen LogP contribution in [-0.4, -0.2) is 13.9 Å². The predicted molar refractivity (Wildman–Crippen MR) is 52.1 cm³/mol. The van der Waals surface area contributed by atoms with Gasteiger partial charge in [-0.25, -0.2) is 0 Å². The van der Waals surface area contributed by atoms with Gasteiger partial charge in [0.1, 0.15) is 5.75 Å². The fraction of sp³-hybridized carbons (Fsp3) is 0.250. The molecule has 0 unspecified atom stereocenters. The van der Waals surface area contributed by atoms with Gasteiger partial charge in [-0.2, -0.15) is 34.8 Å². The number of hydrogen-bond donors (Lipinski definition) is 0. The largest absolute Gasteiger partial charge is 0.534 e. The predicted octanol–water partition coefficient (Wildman–Crippen LogP) is 3.59. The van der Waals surface area contributed by atoms with Gasteiger partial charge in [-0.05, 0) is 12.1 Å². The Morgan fingerprint density at radius 2 is 1.58 bits per heavy atom. The van der Waals surface area contributed by atoms with Gasteiger partial charge in [-0.1, -0.05) is 11.6 Å². The molecule has 0 heterocycles. The topological polar surface area (TPSA) is 43.4 Å². The van der Waals surface area contributed by atoms with Gasteiger partial charge in [0.05, 0.1) is 10.6 Å². The highest BCUT2D eigenvalue weighted by Gasteiger charge is 2.48. The van der Waals surface area contributed by atoms with E-state index in [-0.39, 0.29) is 0 Å². The molecule has 0 aliphatic carbocycles. The van der Waals surface area contributed by atoms with Crippen molar-refractivity contribution in [2.75, 3.05) is 0 Å². The van der Waals surface area contributed by atoms with Gasteiger partial charge in [-0.15, -0.1) is 0 Å². The van der Waals surface area contributed by atoms with Crippen LogP contribution in [0.25, 0.3) is 0 Å². The van der Waals surface area contributed by atoms with E-state index >= 15 is 0 Å². The van der Waals surface area contributed by atoms with Crippen LogP contribution in [0.5, 0.6) is 5.75 Å². The highest BCUT2D eigenvalue weighted by Crippen LogP contribution is 2.37. The lowest BCUT2D eigenvalue weighted by atomic mass is 10.2. The summed E-state index contributed by atoms with van der Waals surface area (Å²) < 4.78 is 97.6. The molecule has 19 heavy (non-hydrogen) atoms. The molecular weight excluding hydrogens is 326 g/mol. The van der Waals surface area contributed by atoms with Crippen LogP contribution >= 0.6 is 11.6 Å². The van der Waals surface area contributed by atoms with E-state index in [0.29, 0.717) is 18.2 Å². The fourth-order valence-corrected chi connectivity index (χ4v) is 1.68. The highest BCUT2D eigenvalue weighted by atomic mass is 35.5. The maximum atomic E-state index is 12.3. The summed E-state index contributed by atoms with van der Waals surface area (Å²) in [7, 11) is -5.96. The number of rotatable bonds is 2. The van der Waals surface area contributed by atoms with Crippen LogP contribution in [0.2, 0.25) is 5.02 Å². The van der Waals surface area contributed by atoms with E-state index in [2.05, 4.69) is 4.18 Å². The molecule has 3 nitrogen and oxygen atoms in total. The molecule has 0 saturated carbocycles. The normalized spacial score (nSPS) is 13.4. The van der Waals surface area contributed by atoms with E-state index in [1.807, 2.05) is 0 Å². The molecule has 11 heteroatoms. The smallest absolute Gasteiger partial charge is 0.376 e. The second-order valence-corrected chi connectivity index (χ2v) is 5.07. The molecule has 0 atom stereocenters. The van der Waals surface area contributed by atoms with Gasteiger partial charge < -0.3 is 4.18 Å². The molecule has 0 bridgehead atoms. The van der Waals surface area contributed by atoms with Crippen molar-refractivity contribution >= 4 is 21.7 Å². The van der Waals surface area contributed by atoms with Gasteiger partial charge in [0.2, 0.25) is 0 Å². The minimum Gasteiger partial charge on any atom is -0.376 e. The van der Waals surface area contributed by atoms with Crippen LogP contribution in [-0.2, 0) is 16.3 Å². The molecule has 0 spiro atoms. The maximum Gasteiger partial charge on any atom is 0.534 e. The van der Waals surface area contributed by atoms with Gasteiger partial charge in [-0.3, -0.25) is 0 Å². The summed E-state index contributed by atoms with van der Waals surface area (Å²) in [5.41, 5.74) is -7.02. The van der Waals surface area contributed by atoms with Crippen molar-refractivity contribution in [2.45, 2.75) is 11.7 Å². The van der Waals surface area contributed by atoms with Crippen molar-refractivity contribution in [1.29, 1.82) is 0 Å².